The highest BCUT2D eigenvalue weighted by atomic mass is 32.2. The fraction of sp³-hybridized carbons (Fsp3) is 0.500. The molecule has 0 spiro atoms. The smallest absolute Gasteiger partial charge is 0.178 e. The van der Waals surface area contributed by atoms with E-state index in [0.29, 0.717) is 4.90 Å². The fourth-order valence-electron chi connectivity index (χ4n) is 1.61. The van der Waals surface area contributed by atoms with Crippen LogP contribution in [0.15, 0.2) is 29.2 Å². The van der Waals surface area contributed by atoms with Crippen molar-refractivity contribution in [1.82, 2.24) is 10.2 Å². The lowest BCUT2D eigenvalue weighted by molar-refractivity contribution is 0.310. The van der Waals surface area contributed by atoms with Crippen LogP contribution in [0.2, 0.25) is 0 Å². The Bertz CT molecular complexity index is 440. The van der Waals surface area contributed by atoms with Gasteiger partial charge in [-0.3, -0.25) is 4.90 Å². The van der Waals surface area contributed by atoms with Crippen molar-refractivity contribution in [3.63, 3.8) is 0 Å². The van der Waals surface area contributed by atoms with Gasteiger partial charge in [0.05, 0.1) is 10.6 Å². The number of nitrogens with zero attached hydrogens (tertiary/aromatic N) is 1. The van der Waals surface area contributed by atoms with Crippen molar-refractivity contribution in [2.45, 2.75) is 18.4 Å². The average molecular weight is 256 g/mol. The standard InChI is InChI=1S/C12H20N2O2S/c1-4-17(15,16)12-7-5-11(6-8-12)9-14(3)10-13-2/h5-8,13H,4,9-10H2,1-3H3. The highest BCUT2D eigenvalue weighted by molar-refractivity contribution is 7.91. The molecule has 0 radical (unpaired) electrons. The summed E-state index contributed by atoms with van der Waals surface area (Å²) >= 11 is 0. The quantitative estimate of drug-likeness (QED) is 0.774. The van der Waals surface area contributed by atoms with Crippen LogP contribution < -0.4 is 5.32 Å². The number of hydrogen-bond donors (Lipinski definition) is 1. The Labute approximate surface area is 104 Å². The molecular formula is C12H20N2O2S. The first-order valence-electron chi connectivity index (χ1n) is 5.64. The lowest BCUT2D eigenvalue weighted by atomic mass is 10.2. The molecule has 0 aromatic heterocycles. The van der Waals surface area contributed by atoms with E-state index in [9.17, 15) is 8.42 Å². The number of hydrogen-bond acceptors (Lipinski definition) is 4. The average Bonchev–Trinajstić information content (AvgIpc) is 2.30. The topological polar surface area (TPSA) is 49.4 Å². The zero-order valence-corrected chi connectivity index (χ0v) is 11.4. The first kappa shape index (κ1) is 14.2. The minimum Gasteiger partial charge on any atom is -0.307 e. The van der Waals surface area contributed by atoms with E-state index >= 15 is 0 Å². The van der Waals surface area contributed by atoms with Crippen molar-refractivity contribution in [3.8, 4) is 0 Å². The minimum atomic E-state index is -3.08. The molecule has 0 bridgehead atoms. The van der Waals surface area contributed by atoms with E-state index in [-0.39, 0.29) is 5.75 Å². The van der Waals surface area contributed by atoms with Crippen molar-refractivity contribution in [1.29, 1.82) is 0 Å². The summed E-state index contributed by atoms with van der Waals surface area (Å²) < 4.78 is 23.2. The van der Waals surface area contributed by atoms with Gasteiger partial charge in [0.25, 0.3) is 0 Å². The van der Waals surface area contributed by atoms with Crippen LogP contribution in [-0.2, 0) is 16.4 Å². The Kier molecular flexibility index (Phi) is 5.11. The first-order valence-corrected chi connectivity index (χ1v) is 7.29. The highest BCUT2D eigenvalue weighted by Crippen LogP contribution is 2.13. The van der Waals surface area contributed by atoms with Crippen molar-refractivity contribution in [3.05, 3.63) is 29.8 Å². The normalized spacial score (nSPS) is 12.0. The molecule has 0 fully saturated rings. The second-order valence-electron chi connectivity index (χ2n) is 4.07. The van der Waals surface area contributed by atoms with Gasteiger partial charge in [0, 0.05) is 13.2 Å². The Morgan fingerprint density at radius 1 is 1.24 bits per heavy atom. The van der Waals surface area contributed by atoms with E-state index in [1.807, 2.05) is 26.2 Å². The van der Waals surface area contributed by atoms with Gasteiger partial charge >= 0.3 is 0 Å². The molecule has 1 aromatic rings. The molecule has 1 rings (SSSR count). The molecule has 96 valence electrons. The summed E-state index contributed by atoms with van der Waals surface area (Å²) in [5, 5.41) is 3.06. The first-order chi connectivity index (χ1) is 7.99. The summed E-state index contributed by atoms with van der Waals surface area (Å²) in [6.07, 6.45) is 0. The monoisotopic (exact) mass is 256 g/mol. The van der Waals surface area contributed by atoms with E-state index in [2.05, 4.69) is 10.2 Å². The van der Waals surface area contributed by atoms with Crippen LogP contribution in [0.4, 0.5) is 0 Å². The van der Waals surface area contributed by atoms with Gasteiger partial charge in [0.2, 0.25) is 0 Å². The minimum absolute atomic E-state index is 0.145. The predicted molar refractivity (Wildman–Crippen MR) is 69.6 cm³/mol. The molecule has 17 heavy (non-hydrogen) atoms. The van der Waals surface area contributed by atoms with Gasteiger partial charge in [-0.15, -0.1) is 0 Å². The van der Waals surface area contributed by atoms with Crippen LogP contribution in [0.3, 0.4) is 0 Å². The molecular weight excluding hydrogens is 236 g/mol. The van der Waals surface area contributed by atoms with E-state index in [0.717, 1.165) is 18.8 Å². The summed E-state index contributed by atoms with van der Waals surface area (Å²) in [7, 11) is 0.824. The summed E-state index contributed by atoms with van der Waals surface area (Å²) in [4.78, 5) is 2.52. The van der Waals surface area contributed by atoms with Gasteiger partial charge in [0.1, 0.15) is 0 Å². The summed E-state index contributed by atoms with van der Waals surface area (Å²) in [6.45, 7) is 3.26. The van der Waals surface area contributed by atoms with E-state index < -0.39 is 9.84 Å². The third-order valence-corrected chi connectivity index (χ3v) is 4.29. The summed E-state index contributed by atoms with van der Waals surface area (Å²) in [5.74, 6) is 0.145. The summed E-state index contributed by atoms with van der Waals surface area (Å²) in [5.41, 5.74) is 1.11. The molecule has 0 heterocycles. The van der Waals surface area contributed by atoms with E-state index in [1.165, 1.54) is 0 Å². The van der Waals surface area contributed by atoms with Crippen LogP contribution in [0.1, 0.15) is 12.5 Å². The third-order valence-electron chi connectivity index (χ3n) is 2.54. The van der Waals surface area contributed by atoms with E-state index in [1.54, 1.807) is 19.1 Å². The molecule has 0 saturated heterocycles. The maximum atomic E-state index is 11.6. The molecule has 0 aliphatic rings. The molecule has 4 nitrogen and oxygen atoms in total. The molecule has 0 saturated carbocycles. The molecule has 0 aliphatic carbocycles. The Morgan fingerprint density at radius 3 is 2.29 bits per heavy atom. The number of rotatable bonds is 6. The van der Waals surface area contributed by atoms with Gasteiger partial charge in [0.15, 0.2) is 9.84 Å². The third kappa shape index (κ3) is 4.11. The molecule has 0 aliphatic heterocycles. The maximum Gasteiger partial charge on any atom is 0.178 e. The van der Waals surface area contributed by atoms with Crippen molar-refractivity contribution < 1.29 is 8.42 Å². The molecule has 1 aromatic carbocycles. The summed E-state index contributed by atoms with van der Waals surface area (Å²) in [6, 6.07) is 7.10. The Hall–Kier alpha value is -0.910. The lowest BCUT2D eigenvalue weighted by Crippen LogP contribution is -2.27. The fourth-order valence-corrected chi connectivity index (χ4v) is 2.49. The van der Waals surface area contributed by atoms with Crippen molar-refractivity contribution in [2.24, 2.45) is 0 Å². The van der Waals surface area contributed by atoms with Gasteiger partial charge in [-0.1, -0.05) is 19.1 Å². The zero-order valence-electron chi connectivity index (χ0n) is 10.6. The van der Waals surface area contributed by atoms with Crippen LogP contribution >= 0.6 is 0 Å². The maximum absolute atomic E-state index is 11.6. The van der Waals surface area contributed by atoms with Gasteiger partial charge < -0.3 is 5.32 Å². The SMILES string of the molecule is CCS(=O)(=O)c1ccc(CN(C)CNC)cc1. The van der Waals surface area contributed by atoms with E-state index in [4.69, 9.17) is 0 Å². The zero-order chi connectivity index (χ0) is 12.9. The molecule has 1 N–H and O–H groups in total. The second kappa shape index (κ2) is 6.14. The highest BCUT2D eigenvalue weighted by Gasteiger charge is 2.10. The van der Waals surface area contributed by atoms with Crippen molar-refractivity contribution >= 4 is 9.84 Å². The van der Waals surface area contributed by atoms with Gasteiger partial charge in [-0.25, -0.2) is 8.42 Å². The molecule has 0 atom stereocenters. The number of sulfone groups is 1. The van der Waals surface area contributed by atoms with Crippen LogP contribution in [-0.4, -0.2) is 39.8 Å². The lowest BCUT2D eigenvalue weighted by Gasteiger charge is -2.15. The number of benzene rings is 1. The van der Waals surface area contributed by atoms with Crippen molar-refractivity contribution in [2.75, 3.05) is 26.5 Å². The van der Waals surface area contributed by atoms with Crippen LogP contribution in [0.25, 0.3) is 0 Å². The predicted octanol–water partition coefficient (Wildman–Crippen LogP) is 1.09. The molecule has 5 heteroatoms. The van der Waals surface area contributed by atoms with Crippen LogP contribution in [0, 0.1) is 0 Å². The Balaban J connectivity index is 2.75. The molecule has 0 amide bonds. The van der Waals surface area contributed by atoms with Gasteiger partial charge in [-0.2, -0.15) is 0 Å². The van der Waals surface area contributed by atoms with Crippen LogP contribution in [0.5, 0.6) is 0 Å². The Morgan fingerprint density at radius 2 is 1.82 bits per heavy atom. The largest absolute Gasteiger partial charge is 0.307 e. The molecule has 0 unspecified atom stereocenters. The van der Waals surface area contributed by atoms with Gasteiger partial charge in [-0.05, 0) is 31.8 Å². The number of nitrogens with one attached hydrogen (secondary N) is 1. The second-order valence-corrected chi connectivity index (χ2v) is 6.35.